The van der Waals surface area contributed by atoms with Crippen molar-refractivity contribution in [3.63, 3.8) is 0 Å². The summed E-state index contributed by atoms with van der Waals surface area (Å²) in [4.78, 5) is 23.0. The highest BCUT2D eigenvalue weighted by Crippen LogP contribution is 2.28. The summed E-state index contributed by atoms with van der Waals surface area (Å²) >= 11 is 12.2. The van der Waals surface area contributed by atoms with Crippen molar-refractivity contribution in [1.29, 1.82) is 0 Å². The molecule has 0 saturated carbocycles. The Hall–Kier alpha value is -2.77. The average Bonchev–Trinajstić information content (AvgIpc) is 2.74. The van der Waals surface area contributed by atoms with Crippen LogP contribution in [-0.2, 0) is 4.74 Å². The molecule has 1 amide bonds. The number of amides is 1. The Labute approximate surface area is 190 Å². The SMILES string of the molecule is CCOC(=O)N1CCC(Nc2nc(Nc3cc(Cl)cc(Cl)c3)nc3ccccc23)CC1. The van der Waals surface area contributed by atoms with E-state index in [1.54, 1.807) is 23.1 Å². The molecule has 162 valence electrons. The number of carbonyl (C=O) groups is 1. The molecule has 1 saturated heterocycles. The molecule has 0 spiro atoms. The Morgan fingerprint density at radius 2 is 1.84 bits per heavy atom. The lowest BCUT2D eigenvalue weighted by Gasteiger charge is -2.32. The molecule has 2 aromatic carbocycles. The van der Waals surface area contributed by atoms with Crippen molar-refractivity contribution in [2.45, 2.75) is 25.8 Å². The van der Waals surface area contributed by atoms with Crippen molar-refractivity contribution >= 4 is 57.7 Å². The molecule has 2 N–H and O–H groups in total. The molecule has 2 heterocycles. The summed E-state index contributed by atoms with van der Waals surface area (Å²) in [6, 6.07) is 13.2. The molecule has 1 fully saturated rings. The topological polar surface area (TPSA) is 79.4 Å². The van der Waals surface area contributed by atoms with Gasteiger partial charge in [0.2, 0.25) is 5.95 Å². The van der Waals surface area contributed by atoms with Gasteiger partial charge in [-0.1, -0.05) is 35.3 Å². The van der Waals surface area contributed by atoms with E-state index in [1.807, 2.05) is 31.2 Å². The number of hydrogen-bond donors (Lipinski definition) is 2. The van der Waals surface area contributed by atoms with E-state index >= 15 is 0 Å². The zero-order chi connectivity index (χ0) is 21.8. The highest BCUT2D eigenvalue weighted by Gasteiger charge is 2.24. The quantitative estimate of drug-likeness (QED) is 0.508. The fourth-order valence-corrected chi connectivity index (χ4v) is 4.14. The fourth-order valence-electron chi connectivity index (χ4n) is 3.61. The van der Waals surface area contributed by atoms with E-state index in [2.05, 4.69) is 15.6 Å². The Morgan fingerprint density at radius 3 is 2.55 bits per heavy atom. The lowest BCUT2D eigenvalue weighted by Crippen LogP contribution is -2.42. The van der Waals surface area contributed by atoms with Gasteiger partial charge in [0.15, 0.2) is 0 Å². The van der Waals surface area contributed by atoms with Crippen LogP contribution in [-0.4, -0.2) is 46.7 Å². The van der Waals surface area contributed by atoms with Crippen LogP contribution in [0.25, 0.3) is 10.9 Å². The van der Waals surface area contributed by atoms with Gasteiger partial charge in [-0.2, -0.15) is 4.98 Å². The zero-order valence-electron chi connectivity index (χ0n) is 17.1. The third kappa shape index (κ3) is 5.29. The van der Waals surface area contributed by atoms with Crippen LogP contribution in [0.2, 0.25) is 10.0 Å². The second-order valence-corrected chi connectivity index (χ2v) is 8.17. The molecule has 1 aliphatic heterocycles. The highest BCUT2D eigenvalue weighted by atomic mass is 35.5. The molecule has 0 aliphatic carbocycles. The number of carbonyl (C=O) groups excluding carboxylic acids is 1. The van der Waals surface area contributed by atoms with Crippen LogP contribution >= 0.6 is 23.2 Å². The van der Waals surface area contributed by atoms with Gasteiger partial charge in [0.25, 0.3) is 0 Å². The molecule has 9 heteroatoms. The first-order chi connectivity index (χ1) is 15.0. The molecule has 31 heavy (non-hydrogen) atoms. The smallest absolute Gasteiger partial charge is 0.409 e. The molecule has 0 atom stereocenters. The molecule has 7 nitrogen and oxygen atoms in total. The summed E-state index contributed by atoms with van der Waals surface area (Å²) < 4.78 is 5.10. The third-order valence-electron chi connectivity index (χ3n) is 5.08. The van der Waals surface area contributed by atoms with E-state index in [0.29, 0.717) is 41.4 Å². The van der Waals surface area contributed by atoms with E-state index in [4.69, 9.17) is 32.9 Å². The lowest BCUT2D eigenvalue weighted by molar-refractivity contribution is 0.0983. The Balaban J connectivity index is 1.54. The summed E-state index contributed by atoms with van der Waals surface area (Å²) in [5.41, 5.74) is 1.53. The number of ether oxygens (including phenoxy) is 1. The normalized spacial score (nSPS) is 14.5. The van der Waals surface area contributed by atoms with Crippen molar-refractivity contribution < 1.29 is 9.53 Å². The largest absolute Gasteiger partial charge is 0.450 e. The van der Waals surface area contributed by atoms with Gasteiger partial charge in [0.05, 0.1) is 12.1 Å². The number of nitrogens with zero attached hydrogens (tertiary/aromatic N) is 3. The van der Waals surface area contributed by atoms with E-state index in [0.717, 1.165) is 29.6 Å². The summed E-state index contributed by atoms with van der Waals surface area (Å²) in [6.45, 7) is 3.49. The predicted octanol–water partition coefficient (Wildman–Crippen LogP) is 5.71. The standard InChI is InChI=1S/C22H23Cl2N5O2/c1-2-31-22(30)29-9-7-16(8-10-29)25-20-18-5-3-4-6-19(18)27-21(28-20)26-17-12-14(23)11-15(24)13-17/h3-6,11-13,16H,2,7-10H2,1H3,(H2,25,26,27,28). The van der Waals surface area contributed by atoms with E-state index in [9.17, 15) is 4.79 Å². The van der Waals surface area contributed by atoms with Crippen LogP contribution in [0.4, 0.5) is 22.2 Å². The summed E-state index contributed by atoms with van der Waals surface area (Å²) in [7, 11) is 0. The number of halogens is 2. The van der Waals surface area contributed by atoms with Gasteiger partial charge < -0.3 is 20.3 Å². The van der Waals surface area contributed by atoms with Gasteiger partial charge in [-0.3, -0.25) is 0 Å². The first-order valence-electron chi connectivity index (χ1n) is 10.2. The minimum atomic E-state index is -0.250. The third-order valence-corrected chi connectivity index (χ3v) is 5.52. The number of nitrogens with one attached hydrogen (secondary N) is 2. The van der Waals surface area contributed by atoms with Gasteiger partial charge in [0, 0.05) is 40.3 Å². The fraction of sp³-hybridized carbons (Fsp3) is 0.318. The number of rotatable bonds is 5. The number of benzene rings is 2. The van der Waals surface area contributed by atoms with Crippen LogP contribution in [0, 0.1) is 0 Å². The first kappa shape index (κ1) is 21.5. The number of likely N-dealkylation sites (tertiary alicyclic amines) is 1. The number of hydrogen-bond acceptors (Lipinski definition) is 6. The maximum absolute atomic E-state index is 11.9. The van der Waals surface area contributed by atoms with Gasteiger partial charge in [-0.15, -0.1) is 0 Å². The number of aromatic nitrogens is 2. The molecule has 1 aliphatic rings. The molecule has 0 radical (unpaired) electrons. The van der Waals surface area contributed by atoms with Gasteiger partial charge in [0.1, 0.15) is 5.82 Å². The van der Waals surface area contributed by atoms with Crippen LogP contribution < -0.4 is 10.6 Å². The molecule has 0 bridgehead atoms. The predicted molar refractivity (Wildman–Crippen MR) is 125 cm³/mol. The number of para-hydroxylation sites is 1. The van der Waals surface area contributed by atoms with Gasteiger partial charge in [-0.25, -0.2) is 9.78 Å². The zero-order valence-corrected chi connectivity index (χ0v) is 18.6. The van der Waals surface area contributed by atoms with E-state index in [1.165, 1.54) is 0 Å². The summed E-state index contributed by atoms with van der Waals surface area (Å²) in [5.74, 6) is 1.19. The van der Waals surface area contributed by atoms with E-state index in [-0.39, 0.29) is 12.1 Å². The Morgan fingerprint density at radius 1 is 1.13 bits per heavy atom. The molecule has 3 aromatic rings. The van der Waals surface area contributed by atoms with Crippen LogP contribution in [0.3, 0.4) is 0 Å². The van der Waals surface area contributed by atoms with E-state index < -0.39 is 0 Å². The molecular formula is C22H23Cl2N5O2. The number of fused-ring (bicyclic) bond motifs is 1. The monoisotopic (exact) mass is 459 g/mol. The Bertz CT molecular complexity index is 1070. The maximum atomic E-state index is 11.9. The number of piperidine rings is 1. The summed E-state index contributed by atoms with van der Waals surface area (Å²) in [5, 5.41) is 8.73. The van der Waals surface area contributed by atoms with Crippen LogP contribution in [0.5, 0.6) is 0 Å². The van der Waals surface area contributed by atoms with Crippen molar-refractivity contribution in [3.05, 3.63) is 52.5 Å². The van der Waals surface area contributed by atoms with Gasteiger partial charge in [-0.05, 0) is 50.1 Å². The molecule has 4 rings (SSSR count). The van der Waals surface area contributed by atoms with Crippen LogP contribution in [0.15, 0.2) is 42.5 Å². The number of anilines is 3. The van der Waals surface area contributed by atoms with Crippen molar-refractivity contribution in [3.8, 4) is 0 Å². The average molecular weight is 460 g/mol. The second kappa shape index (κ2) is 9.58. The minimum Gasteiger partial charge on any atom is -0.450 e. The molecular weight excluding hydrogens is 437 g/mol. The van der Waals surface area contributed by atoms with Crippen LogP contribution in [0.1, 0.15) is 19.8 Å². The molecule has 1 aromatic heterocycles. The van der Waals surface area contributed by atoms with Crippen molar-refractivity contribution in [2.75, 3.05) is 30.3 Å². The first-order valence-corrected chi connectivity index (χ1v) is 11.0. The minimum absolute atomic E-state index is 0.192. The maximum Gasteiger partial charge on any atom is 0.409 e. The van der Waals surface area contributed by atoms with Gasteiger partial charge >= 0.3 is 6.09 Å². The highest BCUT2D eigenvalue weighted by molar-refractivity contribution is 6.35. The Kier molecular flexibility index (Phi) is 6.63. The summed E-state index contributed by atoms with van der Waals surface area (Å²) in [6.07, 6.45) is 1.37. The van der Waals surface area contributed by atoms with Crippen molar-refractivity contribution in [2.24, 2.45) is 0 Å². The van der Waals surface area contributed by atoms with Crippen molar-refractivity contribution in [1.82, 2.24) is 14.9 Å². The lowest BCUT2D eigenvalue weighted by atomic mass is 10.1. The second-order valence-electron chi connectivity index (χ2n) is 7.30. The molecule has 0 unspecified atom stereocenters.